The summed E-state index contributed by atoms with van der Waals surface area (Å²) in [5.74, 6) is 0.0570. The van der Waals surface area contributed by atoms with Crippen LogP contribution in [-0.2, 0) is 15.8 Å². The van der Waals surface area contributed by atoms with Gasteiger partial charge in [-0.05, 0) is 34.6 Å². The second-order valence-electron chi connectivity index (χ2n) is 5.15. The molecule has 0 radical (unpaired) electrons. The Kier molecular flexibility index (Phi) is 4.44. The quantitative estimate of drug-likeness (QED) is 0.725. The molecule has 2 atom stereocenters. The molecule has 0 saturated carbocycles. The summed E-state index contributed by atoms with van der Waals surface area (Å²) in [5, 5.41) is 0. The van der Waals surface area contributed by atoms with Crippen LogP contribution in [0.3, 0.4) is 0 Å². The van der Waals surface area contributed by atoms with Crippen LogP contribution < -0.4 is 0 Å². The van der Waals surface area contributed by atoms with Crippen LogP contribution >= 0.6 is 0 Å². The molecule has 3 nitrogen and oxygen atoms in total. The fourth-order valence-corrected chi connectivity index (χ4v) is 3.14. The molecule has 0 aromatic carbocycles. The lowest BCUT2D eigenvalue weighted by Gasteiger charge is -2.29. The van der Waals surface area contributed by atoms with Crippen molar-refractivity contribution in [2.45, 2.75) is 45.4 Å². The fourth-order valence-electron chi connectivity index (χ4n) is 1.83. The highest BCUT2D eigenvalue weighted by atomic mass is 32.2. The summed E-state index contributed by atoms with van der Waals surface area (Å²) in [5.41, 5.74) is 0.751. The van der Waals surface area contributed by atoms with Crippen molar-refractivity contribution in [3.63, 3.8) is 0 Å². The molecule has 0 N–H and O–H groups in total. The molecule has 96 valence electrons. The average Bonchev–Trinajstić information content (AvgIpc) is 2.59. The third kappa shape index (κ3) is 3.13. The number of nitrogens with zero attached hydrogens (tertiary/aromatic N) is 1. The second kappa shape index (κ2) is 5.27. The number of hydrogen-bond donors (Lipinski definition) is 0. The van der Waals surface area contributed by atoms with E-state index in [4.69, 9.17) is 0 Å². The van der Waals surface area contributed by atoms with E-state index in [9.17, 15) is 9.00 Å². The second-order valence-corrected chi connectivity index (χ2v) is 7.34. The molecular weight excluding hydrogens is 234 g/mol. The van der Waals surface area contributed by atoms with Gasteiger partial charge in [-0.3, -0.25) is 4.79 Å². The summed E-state index contributed by atoms with van der Waals surface area (Å²) in [6.07, 6.45) is 5.72. The number of carbonyl (C=O) groups is 1. The van der Waals surface area contributed by atoms with E-state index in [0.717, 1.165) is 5.57 Å². The fraction of sp³-hybridized carbons (Fsp3) is 0.615. The Morgan fingerprint density at radius 2 is 2.12 bits per heavy atom. The maximum Gasteiger partial charge on any atom is 0.157 e. The van der Waals surface area contributed by atoms with Gasteiger partial charge in [0.15, 0.2) is 5.78 Å². The van der Waals surface area contributed by atoms with Crippen LogP contribution in [0.15, 0.2) is 23.8 Å². The lowest BCUT2D eigenvalue weighted by molar-refractivity contribution is -0.113. The molecule has 0 aliphatic carbocycles. The summed E-state index contributed by atoms with van der Waals surface area (Å²) in [7, 11) is -1.10. The first kappa shape index (κ1) is 14.3. The number of hydrogen-bond acceptors (Lipinski definition) is 2. The van der Waals surface area contributed by atoms with Crippen molar-refractivity contribution in [3.05, 3.63) is 23.8 Å². The highest BCUT2D eigenvalue weighted by molar-refractivity contribution is 7.84. The Labute approximate surface area is 106 Å². The first-order valence-corrected chi connectivity index (χ1v) is 6.92. The maximum atomic E-state index is 12.4. The molecule has 1 aliphatic rings. The summed E-state index contributed by atoms with van der Waals surface area (Å²) in [6.45, 7) is 9.89. The van der Waals surface area contributed by atoms with Gasteiger partial charge in [-0.15, -0.1) is 0 Å². The molecule has 0 saturated heterocycles. The molecule has 0 bridgehead atoms. The number of allylic oxidation sites excluding steroid dienone is 1. The molecular formula is C13H21NO2S. The van der Waals surface area contributed by atoms with Crippen molar-refractivity contribution in [2.24, 2.45) is 0 Å². The van der Waals surface area contributed by atoms with Crippen LogP contribution in [0.25, 0.3) is 0 Å². The van der Waals surface area contributed by atoms with Gasteiger partial charge < -0.3 is 0 Å². The minimum atomic E-state index is -1.10. The van der Waals surface area contributed by atoms with Gasteiger partial charge in [-0.25, -0.2) is 8.51 Å². The molecule has 0 aromatic rings. The van der Waals surface area contributed by atoms with Crippen LogP contribution in [0.4, 0.5) is 0 Å². The predicted molar refractivity (Wildman–Crippen MR) is 72.0 cm³/mol. The highest BCUT2D eigenvalue weighted by Crippen LogP contribution is 2.27. The van der Waals surface area contributed by atoms with Gasteiger partial charge in [0.05, 0.1) is 10.8 Å². The van der Waals surface area contributed by atoms with Gasteiger partial charge >= 0.3 is 0 Å². The summed E-state index contributed by atoms with van der Waals surface area (Å²) < 4.78 is 13.9. The third-order valence-corrected chi connectivity index (χ3v) is 4.49. The average molecular weight is 255 g/mol. The van der Waals surface area contributed by atoms with Gasteiger partial charge in [0.1, 0.15) is 11.0 Å². The molecule has 4 heteroatoms. The van der Waals surface area contributed by atoms with Crippen LogP contribution in [0.5, 0.6) is 0 Å². The van der Waals surface area contributed by atoms with E-state index in [1.54, 1.807) is 6.92 Å². The number of carbonyl (C=O) groups excluding carboxylic acids is 1. The predicted octanol–water partition coefficient (Wildman–Crippen LogP) is 2.22. The highest BCUT2D eigenvalue weighted by Gasteiger charge is 2.35. The standard InChI is InChI=1S/C13H21NO2S/c1-6-7-12-11(10(2)15)8-9-14(12)17(16)13(3,4)5/h6-8,12H,9H2,1-5H3/b7-6+/t12-,17+/m1/s1. The SMILES string of the molecule is C/C=C/[C@@H]1C(C(C)=O)=CCN1[S@@](=O)C(C)(C)C. The summed E-state index contributed by atoms with van der Waals surface area (Å²) in [6, 6.07) is -0.141. The topological polar surface area (TPSA) is 37.4 Å². The number of Topliss-reactive ketones (excluding diaryl/α,β-unsaturated/α-hetero) is 1. The first-order valence-electron chi connectivity index (χ1n) is 5.81. The monoisotopic (exact) mass is 255 g/mol. The molecule has 0 spiro atoms. The Morgan fingerprint density at radius 1 is 1.53 bits per heavy atom. The van der Waals surface area contributed by atoms with E-state index in [0.29, 0.717) is 6.54 Å². The normalized spacial score (nSPS) is 24.1. The molecule has 1 aliphatic heterocycles. The van der Waals surface area contributed by atoms with Gasteiger partial charge in [0.2, 0.25) is 0 Å². The van der Waals surface area contributed by atoms with Gasteiger partial charge in [-0.2, -0.15) is 0 Å². The van der Waals surface area contributed by atoms with Gasteiger partial charge in [-0.1, -0.05) is 18.2 Å². The lowest BCUT2D eigenvalue weighted by atomic mass is 10.1. The van der Waals surface area contributed by atoms with Crippen molar-refractivity contribution >= 4 is 16.8 Å². The zero-order valence-corrected chi connectivity index (χ0v) is 12.0. The molecule has 1 heterocycles. The third-order valence-electron chi connectivity index (χ3n) is 2.64. The minimum absolute atomic E-state index is 0.0570. The molecule has 1 rings (SSSR count). The smallest absolute Gasteiger partial charge is 0.157 e. The van der Waals surface area contributed by atoms with Crippen LogP contribution in [0.1, 0.15) is 34.6 Å². The van der Waals surface area contributed by atoms with E-state index in [2.05, 4.69) is 0 Å². The van der Waals surface area contributed by atoms with Crippen LogP contribution in [-0.4, -0.2) is 31.6 Å². The van der Waals surface area contributed by atoms with E-state index in [1.165, 1.54) is 0 Å². The Bertz CT molecular complexity index is 391. The molecule has 17 heavy (non-hydrogen) atoms. The number of ketones is 1. The van der Waals surface area contributed by atoms with Crippen molar-refractivity contribution < 1.29 is 9.00 Å². The zero-order chi connectivity index (χ0) is 13.2. The maximum absolute atomic E-state index is 12.4. The summed E-state index contributed by atoms with van der Waals surface area (Å²) in [4.78, 5) is 11.5. The van der Waals surface area contributed by atoms with E-state index in [-0.39, 0.29) is 16.6 Å². The zero-order valence-electron chi connectivity index (χ0n) is 11.2. The Hall–Kier alpha value is -0.740. The molecule has 0 fully saturated rings. The van der Waals surface area contributed by atoms with Crippen LogP contribution in [0, 0.1) is 0 Å². The Balaban J connectivity index is 2.99. The van der Waals surface area contributed by atoms with Crippen molar-refractivity contribution in [3.8, 4) is 0 Å². The minimum Gasteiger partial charge on any atom is -0.295 e. The largest absolute Gasteiger partial charge is 0.295 e. The molecule has 0 unspecified atom stereocenters. The van der Waals surface area contributed by atoms with E-state index >= 15 is 0 Å². The van der Waals surface area contributed by atoms with Crippen LogP contribution in [0.2, 0.25) is 0 Å². The summed E-state index contributed by atoms with van der Waals surface area (Å²) >= 11 is 0. The molecule has 0 amide bonds. The van der Waals surface area contributed by atoms with Crippen molar-refractivity contribution in [1.82, 2.24) is 4.31 Å². The Morgan fingerprint density at radius 3 is 2.53 bits per heavy atom. The van der Waals surface area contributed by atoms with Gasteiger partial charge in [0.25, 0.3) is 0 Å². The lowest BCUT2D eigenvalue weighted by Crippen LogP contribution is -2.41. The van der Waals surface area contributed by atoms with Crippen molar-refractivity contribution in [2.75, 3.05) is 6.54 Å². The first-order chi connectivity index (χ1) is 7.79. The van der Waals surface area contributed by atoms with Crippen molar-refractivity contribution in [1.29, 1.82) is 0 Å². The molecule has 0 aromatic heterocycles. The van der Waals surface area contributed by atoms with E-state index in [1.807, 2.05) is 50.2 Å². The number of rotatable bonds is 3. The van der Waals surface area contributed by atoms with Gasteiger partial charge in [0, 0.05) is 12.1 Å². The van der Waals surface area contributed by atoms with E-state index < -0.39 is 11.0 Å².